The zero-order valence-electron chi connectivity index (χ0n) is 10.4. The van der Waals surface area contributed by atoms with E-state index in [1.54, 1.807) is 0 Å². The molecule has 0 bridgehead atoms. The molecule has 0 unspecified atom stereocenters. The Kier molecular flexibility index (Phi) is 5.31. The van der Waals surface area contributed by atoms with Gasteiger partial charge in [-0.3, -0.25) is 9.59 Å². The second-order valence-electron chi connectivity index (χ2n) is 3.68. The molecule has 4 nitrogen and oxygen atoms in total. The number of carbonyl (C=O) groups is 2. The molecular weight excluding hydrogens is 277 g/mol. The Morgan fingerprint density at radius 2 is 1.90 bits per heavy atom. The monoisotopic (exact) mass is 288 g/mol. The molecule has 0 aromatic heterocycles. The summed E-state index contributed by atoms with van der Waals surface area (Å²) in [4.78, 5) is 21.5. The zero-order chi connectivity index (χ0) is 15.2. The topological polar surface area (TPSA) is 52.6 Å². The SMILES string of the molecule is COC(=O)CC=Cc1cc(C=O)cc(OC(F)(F)F)c1. The van der Waals surface area contributed by atoms with Crippen LogP contribution in [0.25, 0.3) is 6.08 Å². The molecule has 0 amide bonds. The molecule has 0 fully saturated rings. The van der Waals surface area contributed by atoms with Gasteiger partial charge in [0.25, 0.3) is 0 Å². The van der Waals surface area contributed by atoms with Gasteiger partial charge < -0.3 is 9.47 Å². The summed E-state index contributed by atoms with van der Waals surface area (Å²) in [6.45, 7) is 0. The van der Waals surface area contributed by atoms with Crippen molar-refractivity contribution in [2.45, 2.75) is 12.8 Å². The molecule has 7 heteroatoms. The summed E-state index contributed by atoms with van der Waals surface area (Å²) in [5.74, 6) is -0.987. The van der Waals surface area contributed by atoms with Gasteiger partial charge in [0, 0.05) is 5.56 Å². The van der Waals surface area contributed by atoms with Crippen LogP contribution in [0.5, 0.6) is 5.75 Å². The predicted octanol–water partition coefficient (Wildman–Crippen LogP) is 2.97. The third kappa shape index (κ3) is 5.55. The number of methoxy groups -OCH3 is 1. The van der Waals surface area contributed by atoms with Crippen LogP contribution in [0.3, 0.4) is 0 Å². The van der Waals surface area contributed by atoms with Crippen LogP contribution in [0.4, 0.5) is 13.2 Å². The highest BCUT2D eigenvalue weighted by Gasteiger charge is 2.31. The second kappa shape index (κ2) is 6.74. The van der Waals surface area contributed by atoms with E-state index in [0.717, 1.165) is 12.1 Å². The fourth-order valence-corrected chi connectivity index (χ4v) is 1.38. The molecule has 0 aliphatic heterocycles. The number of esters is 1. The first-order valence-electron chi connectivity index (χ1n) is 5.43. The van der Waals surface area contributed by atoms with Gasteiger partial charge >= 0.3 is 12.3 Å². The number of hydrogen-bond donors (Lipinski definition) is 0. The van der Waals surface area contributed by atoms with Crippen LogP contribution < -0.4 is 4.74 Å². The Morgan fingerprint density at radius 1 is 1.25 bits per heavy atom. The summed E-state index contributed by atoms with van der Waals surface area (Å²) in [5.41, 5.74) is 0.335. The molecule has 0 saturated heterocycles. The maximum absolute atomic E-state index is 12.1. The zero-order valence-corrected chi connectivity index (χ0v) is 10.4. The normalized spacial score (nSPS) is 11.4. The van der Waals surface area contributed by atoms with E-state index >= 15 is 0 Å². The fourth-order valence-electron chi connectivity index (χ4n) is 1.38. The summed E-state index contributed by atoms with van der Waals surface area (Å²) in [7, 11) is 1.22. The van der Waals surface area contributed by atoms with Crippen molar-refractivity contribution in [3.63, 3.8) is 0 Å². The first-order valence-corrected chi connectivity index (χ1v) is 5.43. The molecule has 0 saturated carbocycles. The first kappa shape index (κ1) is 15.7. The minimum atomic E-state index is -4.84. The van der Waals surface area contributed by atoms with Crippen LogP contribution in [-0.4, -0.2) is 25.7 Å². The molecule has 1 aromatic rings. The van der Waals surface area contributed by atoms with Crippen molar-refractivity contribution in [1.29, 1.82) is 0 Å². The third-order valence-electron chi connectivity index (χ3n) is 2.14. The van der Waals surface area contributed by atoms with Crippen LogP contribution >= 0.6 is 0 Å². The molecule has 108 valence electrons. The standard InChI is InChI=1S/C13H11F3O4/c1-19-12(18)4-2-3-9-5-10(8-17)7-11(6-9)20-13(14,15)16/h2-3,5-8H,4H2,1H3. The molecular formula is C13H11F3O4. The molecule has 0 radical (unpaired) electrons. The highest BCUT2D eigenvalue weighted by atomic mass is 19.4. The quantitative estimate of drug-likeness (QED) is 0.617. The van der Waals surface area contributed by atoms with Crippen molar-refractivity contribution in [3.05, 3.63) is 35.4 Å². The lowest BCUT2D eigenvalue weighted by Gasteiger charge is -2.09. The Labute approximate surface area is 112 Å². The molecule has 20 heavy (non-hydrogen) atoms. The minimum Gasteiger partial charge on any atom is -0.469 e. The van der Waals surface area contributed by atoms with Crippen molar-refractivity contribution in [1.82, 2.24) is 0 Å². The van der Waals surface area contributed by atoms with E-state index in [9.17, 15) is 22.8 Å². The number of hydrogen-bond acceptors (Lipinski definition) is 4. The molecule has 0 aliphatic rings. The maximum atomic E-state index is 12.1. The van der Waals surface area contributed by atoms with Gasteiger partial charge in [-0.2, -0.15) is 0 Å². The highest BCUT2D eigenvalue weighted by Crippen LogP contribution is 2.25. The van der Waals surface area contributed by atoms with Crippen LogP contribution in [0.15, 0.2) is 24.3 Å². The second-order valence-corrected chi connectivity index (χ2v) is 3.68. The number of carbonyl (C=O) groups excluding carboxylic acids is 2. The lowest BCUT2D eigenvalue weighted by Crippen LogP contribution is -2.17. The average molecular weight is 288 g/mol. The molecule has 0 aliphatic carbocycles. The Hall–Kier alpha value is -2.31. The van der Waals surface area contributed by atoms with Gasteiger partial charge in [0.1, 0.15) is 12.0 Å². The van der Waals surface area contributed by atoms with E-state index in [1.165, 1.54) is 25.3 Å². The summed E-state index contributed by atoms with van der Waals surface area (Å²) in [6, 6.07) is 3.44. The van der Waals surface area contributed by atoms with Crippen molar-refractivity contribution in [2.75, 3.05) is 7.11 Å². The van der Waals surface area contributed by atoms with E-state index in [2.05, 4.69) is 9.47 Å². The van der Waals surface area contributed by atoms with Crippen LogP contribution in [0.1, 0.15) is 22.3 Å². The van der Waals surface area contributed by atoms with Gasteiger partial charge in [0.15, 0.2) is 0 Å². The van der Waals surface area contributed by atoms with Gasteiger partial charge in [-0.25, -0.2) is 0 Å². The number of alkyl halides is 3. The molecule has 0 N–H and O–H groups in total. The minimum absolute atomic E-state index is 0.0305. The van der Waals surface area contributed by atoms with E-state index in [4.69, 9.17) is 0 Å². The fraction of sp³-hybridized carbons (Fsp3) is 0.231. The lowest BCUT2D eigenvalue weighted by molar-refractivity contribution is -0.274. The van der Waals surface area contributed by atoms with E-state index in [1.807, 2.05) is 0 Å². The van der Waals surface area contributed by atoms with Crippen LogP contribution in [0.2, 0.25) is 0 Å². The Morgan fingerprint density at radius 3 is 2.45 bits per heavy atom. The van der Waals surface area contributed by atoms with Crippen molar-refractivity contribution in [2.24, 2.45) is 0 Å². The highest BCUT2D eigenvalue weighted by molar-refractivity contribution is 5.78. The molecule has 0 heterocycles. The van der Waals surface area contributed by atoms with Gasteiger partial charge in [0.2, 0.25) is 0 Å². The first-order chi connectivity index (χ1) is 9.34. The number of benzene rings is 1. The largest absolute Gasteiger partial charge is 0.573 e. The average Bonchev–Trinajstić information content (AvgIpc) is 2.36. The van der Waals surface area contributed by atoms with E-state index in [0.29, 0.717) is 11.8 Å². The number of halogens is 3. The molecule has 0 spiro atoms. The summed E-state index contributed by atoms with van der Waals surface area (Å²) in [5, 5.41) is 0. The number of ether oxygens (including phenoxy) is 2. The number of aldehydes is 1. The van der Waals surface area contributed by atoms with Crippen LogP contribution in [-0.2, 0) is 9.53 Å². The van der Waals surface area contributed by atoms with Crippen molar-refractivity contribution in [3.8, 4) is 5.75 Å². The van der Waals surface area contributed by atoms with Crippen molar-refractivity contribution >= 4 is 18.3 Å². The summed E-state index contributed by atoms with van der Waals surface area (Å²) >= 11 is 0. The lowest BCUT2D eigenvalue weighted by atomic mass is 10.1. The van der Waals surface area contributed by atoms with E-state index in [-0.39, 0.29) is 12.0 Å². The molecule has 1 aromatic carbocycles. The smallest absolute Gasteiger partial charge is 0.469 e. The Balaban J connectivity index is 2.93. The molecule has 1 rings (SSSR count). The predicted molar refractivity (Wildman–Crippen MR) is 64.2 cm³/mol. The van der Waals surface area contributed by atoms with E-state index < -0.39 is 18.1 Å². The Bertz CT molecular complexity index is 521. The van der Waals surface area contributed by atoms with Gasteiger partial charge in [0.05, 0.1) is 13.5 Å². The van der Waals surface area contributed by atoms with Crippen LogP contribution in [0, 0.1) is 0 Å². The molecule has 0 atom stereocenters. The van der Waals surface area contributed by atoms with Gasteiger partial charge in [-0.1, -0.05) is 12.2 Å². The van der Waals surface area contributed by atoms with Gasteiger partial charge in [-0.15, -0.1) is 13.2 Å². The maximum Gasteiger partial charge on any atom is 0.573 e. The number of rotatable bonds is 5. The summed E-state index contributed by atoms with van der Waals surface area (Å²) < 4.78 is 44.5. The third-order valence-corrected chi connectivity index (χ3v) is 2.14. The van der Waals surface area contributed by atoms with Gasteiger partial charge in [-0.05, 0) is 23.8 Å². The van der Waals surface area contributed by atoms with Crippen molar-refractivity contribution < 1.29 is 32.2 Å². The summed E-state index contributed by atoms with van der Waals surface area (Å²) in [6.07, 6.45) is -1.66.